The van der Waals surface area contributed by atoms with E-state index in [0.717, 1.165) is 5.56 Å². The highest BCUT2D eigenvalue weighted by atomic mass is 16.6. The number of hydrogen-bond acceptors (Lipinski definition) is 6. The van der Waals surface area contributed by atoms with Gasteiger partial charge in [-0.1, -0.05) is 30.3 Å². The normalized spacial score (nSPS) is 15.2. The molecule has 1 heterocycles. The molecule has 0 unspecified atom stereocenters. The van der Waals surface area contributed by atoms with Crippen molar-refractivity contribution in [3.63, 3.8) is 0 Å². The van der Waals surface area contributed by atoms with Crippen molar-refractivity contribution in [2.45, 2.75) is 45.9 Å². The van der Waals surface area contributed by atoms with Crippen LogP contribution in [0.15, 0.2) is 30.3 Å². The molecule has 1 atom stereocenters. The fourth-order valence-electron chi connectivity index (χ4n) is 3.04. The van der Waals surface area contributed by atoms with Gasteiger partial charge in [-0.2, -0.15) is 0 Å². The lowest BCUT2D eigenvalue weighted by molar-refractivity contribution is -0.136. The third-order valence-corrected chi connectivity index (χ3v) is 4.50. The smallest absolute Gasteiger partial charge is 0.409 e. The van der Waals surface area contributed by atoms with Crippen molar-refractivity contribution < 1.29 is 28.6 Å². The molecule has 1 aromatic rings. The number of amides is 3. The number of benzene rings is 1. The number of piperazine rings is 1. The summed E-state index contributed by atoms with van der Waals surface area (Å²) in [7, 11) is 0. The number of rotatable bonds is 7. The Morgan fingerprint density at radius 2 is 1.65 bits per heavy atom. The molecular weight excluding hydrogens is 402 g/mol. The second-order valence-electron chi connectivity index (χ2n) is 8.21. The molecule has 9 nitrogen and oxygen atoms in total. The minimum absolute atomic E-state index is 0.00502. The van der Waals surface area contributed by atoms with Crippen LogP contribution in [0.2, 0.25) is 0 Å². The second-order valence-corrected chi connectivity index (χ2v) is 8.21. The van der Waals surface area contributed by atoms with E-state index >= 15 is 0 Å². The molecule has 0 aliphatic carbocycles. The molecule has 172 valence electrons. The highest BCUT2D eigenvalue weighted by molar-refractivity contribution is 5.86. The monoisotopic (exact) mass is 435 g/mol. The SMILES string of the molecule is CCOC(=O)N1CCN(C(=O)[C@H](COCc2ccccc2)NC(=O)OC(C)(C)C)CC1. The van der Waals surface area contributed by atoms with Crippen LogP contribution in [0.4, 0.5) is 9.59 Å². The standard InChI is InChI=1S/C22H33N3O6/c1-5-30-21(28)25-13-11-24(12-14-25)19(26)18(23-20(27)31-22(2,3)4)16-29-15-17-9-7-6-8-10-17/h6-10,18H,5,11-16H2,1-4H3,(H,23,27)/t18-/m0/s1. The summed E-state index contributed by atoms with van der Waals surface area (Å²) in [4.78, 5) is 40.4. The minimum Gasteiger partial charge on any atom is -0.450 e. The number of carbonyl (C=O) groups excluding carboxylic acids is 3. The third-order valence-electron chi connectivity index (χ3n) is 4.50. The number of ether oxygens (including phenoxy) is 3. The van der Waals surface area contributed by atoms with Gasteiger partial charge in [-0.05, 0) is 33.3 Å². The van der Waals surface area contributed by atoms with Crippen LogP contribution in [-0.2, 0) is 25.6 Å². The van der Waals surface area contributed by atoms with Crippen molar-refractivity contribution in [1.82, 2.24) is 15.1 Å². The molecule has 1 N–H and O–H groups in total. The van der Waals surface area contributed by atoms with Crippen LogP contribution < -0.4 is 5.32 Å². The number of alkyl carbamates (subject to hydrolysis) is 1. The van der Waals surface area contributed by atoms with Crippen molar-refractivity contribution in [2.75, 3.05) is 39.4 Å². The molecule has 0 radical (unpaired) electrons. The first kappa shape index (κ1) is 24.5. The fourth-order valence-corrected chi connectivity index (χ4v) is 3.04. The molecule has 31 heavy (non-hydrogen) atoms. The summed E-state index contributed by atoms with van der Waals surface area (Å²) in [6, 6.07) is 8.68. The average molecular weight is 436 g/mol. The predicted octanol–water partition coefficient (Wildman–Crippen LogP) is 2.40. The van der Waals surface area contributed by atoms with Crippen LogP contribution >= 0.6 is 0 Å². The molecule has 1 aliphatic rings. The van der Waals surface area contributed by atoms with E-state index in [1.165, 1.54) is 0 Å². The Balaban J connectivity index is 1.96. The van der Waals surface area contributed by atoms with E-state index in [1.54, 1.807) is 37.5 Å². The molecule has 0 bridgehead atoms. The van der Waals surface area contributed by atoms with Crippen LogP contribution in [0.3, 0.4) is 0 Å². The Morgan fingerprint density at radius 3 is 2.23 bits per heavy atom. The summed E-state index contributed by atoms with van der Waals surface area (Å²) in [5.41, 5.74) is 0.280. The van der Waals surface area contributed by atoms with Gasteiger partial charge in [0.05, 0.1) is 19.8 Å². The quantitative estimate of drug-likeness (QED) is 0.706. The van der Waals surface area contributed by atoms with Crippen LogP contribution in [0.1, 0.15) is 33.3 Å². The van der Waals surface area contributed by atoms with Gasteiger partial charge in [-0.15, -0.1) is 0 Å². The molecule has 1 aliphatic heterocycles. The summed E-state index contributed by atoms with van der Waals surface area (Å²) < 4.78 is 16.0. The second kappa shape index (κ2) is 11.5. The molecule has 3 amide bonds. The average Bonchev–Trinajstić information content (AvgIpc) is 2.72. The van der Waals surface area contributed by atoms with Gasteiger partial charge in [-0.25, -0.2) is 9.59 Å². The summed E-state index contributed by atoms with van der Waals surface area (Å²) in [6.07, 6.45) is -1.07. The van der Waals surface area contributed by atoms with Crippen LogP contribution in [0, 0.1) is 0 Å². The highest BCUT2D eigenvalue weighted by Gasteiger charge is 2.31. The topological polar surface area (TPSA) is 97.4 Å². The van der Waals surface area contributed by atoms with Gasteiger partial charge >= 0.3 is 12.2 Å². The van der Waals surface area contributed by atoms with Gasteiger partial charge in [0.1, 0.15) is 11.6 Å². The van der Waals surface area contributed by atoms with Crippen LogP contribution in [0.5, 0.6) is 0 Å². The number of carbonyl (C=O) groups is 3. The Hall–Kier alpha value is -2.81. The zero-order valence-corrected chi connectivity index (χ0v) is 18.8. The number of nitrogens with zero attached hydrogens (tertiary/aromatic N) is 2. The first-order chi connectivity index (χ1) is 14.7. The van der Waals surface area contributed by atoms with Gasteiger partial charge in [0.2, 0.25) is 5.91 Å². The highest BCUT2D eigenvalue weighted by Crippen LogP contribution is 2.10. The number of nitrogens with one attached hydrogen (secondary N) is 1. The Morgan fingerprint density at radius 1 is 1.03 bits per heavy atom. The lowest BCUT2D eigenvalue weighted by atomic mass is 10.2. The van der Waals surface area contributed by atoms with Gasteiger partial charge in [0.25, 0.3) is 0 Å². The van der Waals surface area contributed by atoms with Gasteiger partial charge in [0, 0.05) is 26.2 Å². The zero-order chi connectivity index (χ0) is 22.9. The molecule has 1 saturated heterocycles. The molecule has 9 heteroatoms. The predicted molar refractivity (Wildman–Crippen MR) is 114 cm³/mol. The summed E-state index contributed by atoms with van der Waals surface area (Å²) >= 11 is 0. The number of hydrogen-bond donors (Lipinski definition) is 1. The van der Waals surface area contributed by atoms with Crippen molar-refractivity contribution >= 4 is 18.1 Å². The molecule has 0 aromatic heterocycles. The first-order valence-corrected chi connectivity index (χ1v) is 10.5. The maximum atomic E-state index is 13.1. The van der Waals surface area contributed by atoms with Crippen LogP contribution in [-0.4, -0.2) is 78.9 Å². The van der Waals surface area contributed by atoms with Crippen molar-refractivity contribution in [2.24, 2.45) is 0 Å². The van der Waals surface area contributed by atoms with E-state index in [4.69, 9.17) is 14.2 Å². The van der Waals surface area contributed by atoms with Gasteiger partial charge in [0.15, 0.2) is 0 Å². The van der Waals surface area contributed by atoms with E-state index in [1.807, 2.05) is 30.3 Å². The van der Waals surface area contributed by atoms with Crippen LogP contribution in [0.25, 0.3) is 0 Å². The molecule has 0 spiro atoms. The lowest BCUT2D eigenvalue weighted by Gasteiger charge is -2.36. The molecule has 1 fully saturated rings. The Labute approximate surface area is 183 Å². The van der Waals surface area contributed by atoms with Gasteiger partial charge < -0.3 is 29.3 Å². The Kier molecular flexibility index (Phi) is 9.11. The largest absolute Gasteiger partial charge is 0.450 e. The maximum Gasteiger partial charge on any atom is 0.409 e. The summed E-state index contributed by atoms with van der Waals surface area (Å²) in [5, 5.41) is 2.63. The molecule has 1 aromatic carbocycles. The van der Waals surface area contributed by atoms with Crippen molar-refractivity contribution in [3.8, 4) is 0 Å². The maximum absolute atomic E-state index is 13.1. The van der Waals surface area contributed by atoms with E-state index in [9.17, 15) is 14.4 Å². The van der Waals surface area contributed by atoms with E-state index < -0.39 is 17.7 Å². The van der Waals surface area contributed by atoms with E-state index in [0.29, 0.717) is 39.4 Å². The third kappa shape index (κ3) is 8.45. The molecule has 0 saturated carbocycles. The fraction of sp³-hybridized carbons (Fsp3) is 0.591. The lowest BCUT2D eigenvalue weighted by Crippen LogP contribution is -2.57. The van der Waals surface area contributed by atoms with Gasteiger partial charge in [-0.3, -0.25) is 4.79 Å². The summed E-state index contributed by atoms with van der Waals surface area (Å²) in [6.45, 7) is 9.08. The molecular formula is C22H33N3O6. The van der Waals surface area contributed by atoms with E-state index in [-0.39, 0.29) is 18.6 Å². The minimum atomic E-state index is -0.896. The molecule has 2 rings (SSSR count). The van der Waals surface area contributed by atoms with Crippen molar-refractivity contribution in [3.05, 3.63) is 35.9 Å². The summed E-state index contributed by atoms with van der Waals surface area (Å²) in [5.74, 6) is -0.276. The van der Waals surface area contributed by atoms with E-state index in [2.05, 4.69) is 5.32 Å². The Bertz CT molecular complexity index is 727. The first-order valence-electron chi connectivity index (χ1n) is 10.5. The van der Waals surface area contributed by atoms with Crippen molar-refractivity contribution in [1.29, 1.82) is 0 Å². The zero-order valence-electron chi connectivity index (χ0n) is 18.8.